The van der Waals surface area contributed by atoms with Crippen LogP contribution in [0.25, 0.3) is 5.70 Å². The Labute approximate surface area is 173 Å². The lowest BCUT2D eigenvalue weighted by Crippen LogP contribution is -2.60. The Morgan fingerprint density at radius 1 is 1.25 bits per heavy atom. The Morgan fingerprint density at radius 3 is 2.64 bits per heavy atom. The van der Waals surface area contributed by atoms with E-state index in [1.54, 1.807) is 18.2 Å². The monoisotopic (exact) mass is 421 g/mol. The van der Waals surface area contributed by atoms with Gasteiger partial charge in [-0.2, -0.15) is 0 Å². The number of carbonyl (C=O) groups is 1. The summed E-state index contributed by atoms with van der Waals surface area (Å²) in [4.78, 5) is 15.0. The second kappa shape index (κ2) is 7.79. The van der Waals surface area contributed by atoms with E-state index in [4.69, 9.17) is 27.9 Å². The molecule has 3 aliphatic heterocycles. The van der Waals surface area contributed by atoms with E-state index < -0.39 is 11.7 Å². The molecule has 0 aliphatic carbocycles. The normalized spacial score (nSPS) is 22.8. The number of aliphatic hydroxyl groups excluding tert-OH is 1. The largest absolute Gasteiger partial charge is 0.394 e. The minimum absolute atomic E-state index is 0.123. The number of halogens is 2. The highest BCUT2D eigenvalue weighted by atomic mass is 35.5. The smallest absolute Gasteiger partial charge is 0.264 e. The standard InChI is InChI=1S/C20H21Cl2N3O3/c21-14-9-13(10-15(22)11-14)17-16-3-1-2-6-25(16)18(23-17)19(27)24-20(12-26)4-7-28-8-5-20/h1-3,6,9-11,18,23,26H,4-5,7-8,12H2,(H,24,27). The number of benzene rings is 1. The molecule has 148 valence electrons. The van der Waals surface area contributed by atoms with Crippen molar-refractivity contribution in [2.75, 3.05) is 19.8 Å². The van der Waals surface area contributed by atoms with Crippen molar-refractivity contribution in [1.82, 2.24) is 15.5 Å². The van der Waals surface area contributed by atoms with Gasteiger partial charge in [-0.25, -0.2) is 0 Å². The Bertz CT molecular complexity index is 855. The number of nitrogens with zero attached hydrogens (tertiary/aromatic N) is 1. The van der Waals surface area contributed by atoms with Crippen molar-refractivity contribution >= 4 is 34.8 Å². The number of ether oxygens (including phenoxy) is 1. The molecule has 8 heteroatoms. The van der Waals surface area contributed by atoms with Crippen LogP contribution in [0.2, 0.25) is 10.0 Å². The van der Waals surface area contributed by atoms with Crippen LogP contribution in [0.1, 0.15) is 18.4 Å². The molecule has 1 aromatic rings. The number of rotatable bonds is 4. The van der Waals surface area contributed by atoms with Crippen LogP contribution < -0.4 is 10.6 Å². The highest BCUT2D eigenvalue weighted by Crippen LogP contribution is 2.33. The van der Waals surface area contributed by atoms with Gasteiger partial charge < -0.3 is 25.4 Å². The number of aliphatic hydroxyl groups is 1. The first kappa shape index (κ1) is 19.3. The van der Waals surface area contributed by atoms with E-state index in [1.165, 1.54) is 0 Å². The predicted molar refractivity (Wildman–Crippen MR) is 108 cm³/mol. The zero-order valence-electron chi connectivity index (χ0n) is 15.1. The summed E-state index contributed by atoms with van der Waals surface area (Å²) in [5, 5.41) is 17.3. The van der Waals surface area contributed by atoms with Gasteiger partial charge in [0, 0.05) is 35.0 Å². The second-order valence-electron chi connectivity index (χ2n) is 7.11. The summed E-state index contributed by atoms with van der Waals surface area (Å²) in [6.45, 7) is 0.906. The molecule has 0 saturated carbocycles. The van der Waals surface area contributed by atoms with Crippen molar-refractivity contribution in [1.29, 1.82) is 0 Å². The first-order valence-electron chi connectivity index (χ1n) is 9.12. The highest BCUT2D eigenvalue weighted by molar-refractivity contribution is 6.34. The molecule has 6 nitrogen and oxygen atoms in total. The van der Waals surface area contributed by atoms with Crippen LogP contribution in [0.3, 0.4) is 0 Å². The third kappa shape index (κ3) is 3.65. The highest BCUT2D eigenvalue weighted by Gasteiger charge is 2.40. The fourth-order valence-electron chi connectivity index (χ4n) is 3.71. The lowest BCUT2D eigenvalue weighted by atomic mass is 9.91. The van der Waals surface area contributed by atoms with Gasteiger partial charge in [0.05, 0.1) is 23.5 Å². The van der Waals surface area contributed by atoms with Crippen molar-refractivity contribution in [3.63, 3.8) is 0 Å². The molecule has 1 fully saturated rings. The number of hydrogen-bond acceptors (Lipinski definition) is 5. The van der Waals surface area contributed by atoms with Gasteiger partial charge in [-0.3, -0.25) is 4.79 Å². The molecule has 1 atom stereocenters. The van der Waals surface area contributed by atoms with Crippen LogP contribution in [0.4, 0.5) is 0 Å². The van der Waals surface area contributed by atoms with E-state index in [0.29, 0.717) is 36.1 Å². The SMILES string of the molecule is O=C(NC1(CO)CCOCC1)C1NC(c2cc(Cl)cc(Cl)c2)=C2C=CC=CN21. The third-order valence-electron chi connectivity index (χ3n) is 5.25. The van der Waals surface area contributed by atoms with E-state index >= 15 is 0 Å². The van der Waals surface area contributed by atoms with E-state index in [0.717, 1.165) is 17.0 Å². The number of hydrogen-bond donors (Lipinski definition) is 3. The molecule has 1 amide bonds. The lowest BCUT2D eigenvalue weighted by molar-refractivity contribution is -0.129. The van der Waals surface area contributed by atoms with Crippen LogP contribution in [-0.2, 0) is 9.53 Å². The van der Waals surface area contributed by atoms with E-state index in [-0.39, 0.29) is 12.5 Å². The number of allylic oxidation sites excluding steroid dienone is 3. The Balaban J connectivity index is 1.61. The zero-order valence-corrected chi connectivity index (χ0v) is 16.6. The summed E-state index contributed by atoms with van der Waals surface area (Å²) in [5.74, 6) is -0.212. The molecule has 0 aromatic heterocycles. The molecule has 4 rings (SSSR count). The van der Waals surface area contributed by atoms with Gasteiger partial charge in [-0.1, -0.05) is 29.3 Å². The van der Waals surface area contributed by atoms with E-state index in [9.17, 15) is 9.90 Å². The topological polar surface area (TPSA) is 73.8 Å². The van der Waals surface area contributed by atoms with Gasteiger partial charge in [-0.05, 0) is 43.2 Å². The molecule has 0 spiro atoms. The van der Waals surface area contributed by atoms with Crippen LogP contribution in [0.5, 0.6) is 0 Å². The van der Waals surface area contributed by atoms with Gasteiger partial charge >= 0.3 is 0 Å². The fraction of sp³-hybridized carbons (Fsp3) is 0.350. The Kier molecular flexibility index (Phi) is 5.38. The van der Waals surface area contributed by atoms with Crippen LogP contribution >= 0.6 is 23.2 Å². The minimum atomic E-state index is -0.658. The van der Waals surface area contributed by atoms with Crippen LogP contribution in [-0.4, -0.2) is 47.4 Å². The maximum Gasteiger partial charge on any atom is 0.264 e. The van der Waals surface area contributed by atoms with Crippen molar-refractivity contribution in [2.24, 2.45) is 0 Å². The first-order valence-corrected chi connectivity index (χ1v) is 9.88. The summed E-state index contributed by atoms with van der Waals surface area (Å²) >= 11 is 12.3. The van der Waals surface area contributed by atoms with E-state index in [1.807, 2.05) is 29.3 Å². The number of amides is 1. The second-order valence-corrected chi connectivity index (χ2v) is 7.99. The van der Waals surface area contributed by atoms with Gasteiger partial charge in [-0.15, -0.1) is 0 Å². The van der Waals surface area contributed by atoms with E-state index in [2.05, 4.69) is 10.6 Å². The van der Waals surface area contributed by atoms with Crippen molar-refractivity contribution in [3.8, 4) is 0 Å². The summed E-state index contributed by atoms with van der Waals surface area (Å²) in [6, 6.07) is 5.28. The summed E-state index contributed by atoms with van der Waals surface area (Å²) in [6.07, 6.45) is 8.07. The maximum atomic E-state index is 13.1. The fourth-order valence-corrected chi connectivity index (χ4v) is 4.24. The molecule has 3 N–H and O–H groups in total. The number of fused-ring (bicyclic) bond motifs is 1. The van der Waals surface area contributed by atoms with Gasteiger partial charge in [0.2, 0.25) is 0 Å². The molecule has 1 unspecified atom stereocenters. The number of carbonyl (C=O) groups excluding carboxylic acids is 1. The molecule has 0 radical (unpaired) electrons. The maximum absolute atomic E-state index is 13.1. The summed E-state index contributed by atoms with van der Waals surface area (Å²) in [7, 11) is 0. The van der Waals surface area contributed by atoms with Crippen molar-refractivity contribution in [3.05, 3.63) is 63.9 Å². The molecule has 3 heterocycles. The molecule has 1 aromatic carbocycles. The average Bonchev–Trinajstić information content (AvgIpc) is 3.08. The summed E-state index contributed by atoms with van der Waals surface area (Å²) < 4.78 is 5.37. The Hall–Kier alpha value is -1.99. The van der Waals surface area contributed by atoms with Gasteiger partial charge in [0.15, 0.2) is 6.17 Å². The van der Waals surface area contributed by atoms with Crippen molar-refractivity contribution < 1.29 is 14.6 Å². The molecule has 3 aliphatic rings. The minimum Gasteiger partial charge on any atom is -0.394 e. The third-order valence-corrected chi connectivity index (χ3v) is 5.68. The quantitative estimate of drug-likeness (QED) is 0.696. The first-order chi connectivity index (χ1) is 13.5. The predicted octanol–water partition coefficient (Wildman–Crippen LogP) is 2.63. The van der Waals surface area contributed by atoms with Gasteiger partial charge in [0.25, 0.3) is 5.91 Å². The molecule has 0 bridgehead atoms. The van der Waals surface area contributed by atoms with Crippen LogP contribution in [0.15, 0.2) is 48.3 Å². The van der Waals surface area contributed by atoms with Gasteiger partial charge in [0.1, 0.15) is 0 Å². The lowest BCUT2D eigenvalue weighted by Gasteiger charge is -2.38. The molecule has 1 saturated heterocycles. The van der Waals surface area contributed by atoms with Crippen molar-refractivity contribution in [2.45, 2.75) is 24.5 Å². The Morgan fingerprint density at radius 2 is 1.96 bits per heavy atom. The summed E-state index contributed by atoms with van der Waals surface area (Å²) in [5.41, 5.74) is 1.77. The molecular weight excluding hydrogens is 401 g/mol. The molecular formula is C20H21Cl2N3O3. The number of nitrogens with one attached hydrogen (secondary N) is 2. The zero-order chi connectivity index (χ0) is 19.7. The van der Waals surface area contributed by atoms with Crippen LogP contribution in [0, 0.1) is 0 Å². The molecule has 28 heavy (non-hydrogen) atoms. The average molecular weight is 422 g/mol.